The second-order valence-electron chi connectivity index (χ2n) is 9.45. The number of amides is 4. The first-order chi connectivity index (χ1) is 16.0. The van der Waals surface area contributed by atoms with E-state index in [1.165, 1.54) is 11.0 Å². The summed E-state index contributed by atoms with van der Waals surface area (Å²) in [4.78, 5) is 52.0. The van der Waals surface area contributed by atoms with E-state index in [0.29, 0.717) is 17.5 Å². The minimum absolute atomic E-state index is 0.0245. The number of rotatable bonds is 3. The third-order valence-corrected chi connectivity index (χ3v) is 9.89. The number of fused-ring (bicyclic) bond motifs is 4. The maximum absolute atomic E-state index is 13.6. The first kappa shape index (κ1) is 23.8. The molecule has 6 unspecified atom stereocenters. The number of likely N-dealkylation sites (tertiary alicyclic amines) is 2. The largest absolute Gasteiger partial charge is 0.508 e. The quantitative estimate of drug-likeness (QED) is 0.260. The van der Waals surface area contributed by atoms with Crippen LogP contribution in [0.15, 0.2) is 29.8 Å². The lowest BCUT2D eigenvalue weighted by Gasteiger charge is -2.50. The van der Waals surface area contributed by atoms with Crippen LogP contribution in [0.25, 0.3) is 0 Å². The first-order valence-electron chi connectivity index (χ1n) is 11.2. The Balaban J connectivity index is 1.74. The number of imide groups is 2. The number of aromatic hydroxyl groups is 1. The van der Waals surface area contributed by atoms with Gasteiger partial charge in [-0.05, 0) is 49.8 Å². The van der Waals surface area contributed by atoms with Crippen LogP contribution in [-0.4, -0.2) is 60.3 Å². The van der Waals surface area contributed by atoms with Crippen molar-refractivity contribution < 1.29 is 24.3 Å². The molecule has 0 bridgehead atoms. The highest BCUT2D eigenvalue weighted by Gasteiger charge is 2.76. The minimum Gasteiger partial charge on any atom is -0.508 e. The second-order valence-corrected chi connectivity index (χ2v) is 11.2. The number of phenols is 1. The topological polar surface area (TPSA) is 95.0 Å². The summed E-state index contributed by atoms with van der Waals surface area (Å²) in [5.74, 6) is -4.15. The highest BCUT2D eigenvalue weighted by molar-refractivity contribution is 9.09. The standard InChI is InChI=1S/C24H23BrCl2N2O5/c1-3-28-19(31)14-6-5-13-15(17(14)20(28)32)9-23(26)21(33)29(10-25)22(34)24(23,27)18(13)12-4-7-16(30)11(2)8-12/h4-5,7-8,14-15,17-18,30H,3,6,9-10H2,1-2H3. The van der Waals surface area contributed by atoms with Crippen LogP contribution in [0, 0.1) is 24.7 Å². The molecule has 5 rings (SSSR count). The van der Waals surface area contributed by atoms with Crippen molar-refractivity contribution in [2.75, 3.05) is 12.0 Å². The van der Waals surface area contributed by atoms with Crippen LogP contribution in [0.4, 0.5) is 0 Å². The van der Waals surface area contributed by atoms with Crippen molar-refractivity contribution in [1.82, 2.24) is 9.80 Å². The van der Waals surface area contributed by atoms with Crippen LogP contribution in [-0.2, 0) is 19.2 Å². The molecule has 4 amide bonds. The summed E-state index contributed by atoms with van der Waals surface area (Å²) in [6.07, 6.45) is 2.22. The van der Waals surface area contributed by atoms with Crippen LogP contribution < -0.4 is 0 Å². The van der Waals surface area contributed by atoms with Crippen LogP contribution in [0.1, 0.15) is 36.8 Å². The molecule has 7 nitrogen and oxygen atoms in total. The van der Waals surface area contributed by atoms with E-state index < -0.39 is 45.2 Å². The van der Waals surface area contributed by atoms with Gasteiger partial charge in [0.1, 0.15) is 5.75 Å². The molecule has 2 aliphatic carbocycles. The smallest absolute Gasteiger partial charge is 0.254 e. The van der Waals surface area contributed by atoms with E-state index in [1.807, 2.05) is 6.08 Å². The summed E-state index contributed by atoms with van der Waals surface area (Å²) in [5.41, 5.74) is 1.87. The molecular weight excluding hydrogens is 547 g/mol. The fourth-order valence-electron chi connectivity index (χ4n) is 6.36. The third kappa shape index (κ3) is 2.76. The lowest BCUT2D eigenvalue weighted by atomic mass is 9.56. The van der Waals surface area contributed by atoms with E-state index in [-0.39, 0.29) is 36.0 Å². The average Bonchev–Trinajstić information content (AvgIpc) is 3.13. The molecule has 3 fully saturated rings. The SMILES string of the molecule is CCN1C(=O)C2CC=C3C(CC4(Cl)C(=O)N(CBr)C(=O)C4(Cl)C3c3ccc(O)c(C)c3)C2C1=O. The second kappa shape index (κ2) is 7.80. The molecule has 0 aromatic heterocycles. The summed E-state index contributed by atoms with van der Waals surface area (Å²) in [6.45, 7) is 3.75. The number of nitrogens with zero attached hydrogens (tertiary/aromatic N) is 2. The molecule has 2 saturated heterocycles. The zero-order chi connectivity index (χ0) is 24.7. The zero-order valence-corrected chi connectivity index (χ0v) is 21.7. The summed E-state index contributed by atoms with van der Waals surface area (Å²) in [6, 6.07) is 4.91. The van der Waals surface area contributed by atoms with Crippen LogP contribution in [0.3, 0.4) is 0 Å². The molecular formula is C24H23BrCl2N2O5. The van der Waals surface area contributed by atoms with Gasteiger partial charge in [-0.3, -0.25) is 29.0 Å². The number of benzene rings is 1. The maximum Gasteiger partial charge on any atom is 0.254 e. The highest BCUT2D eigenvalue weighted by Crippen LogP contribution is 2.65. The van der Waals surface area contributed by atoms with Crippen molar-refractivity contribution in [3.8, 4) is 5.75 Å². The molecule has 1 saturated carbocycles. The first-order valence-corrected chi connectivity index (χ1v) is 13.1. The molecule has 0 radical (unpaired) electrons. The fraction of sp³-hybridized carbons (Fsp3) is 0.500. The number of aryl methyl sites for hydroxylation is 1. The van der Waals surface area contributed by atoms with Gasteiger partial charge in [-0.1, -0.05) is 39.7 Å². The van der Waals surface area contributed by atoms with Gasteiger partial charge in [0.25, 0.3) is 11.8 Å². The molecule has 1 aromatic rings. The molecule has 2 heterocycles. The molecule has 2 aliphatic heterocycles. The van der Waals surface area contributed by atoms with Gasteiger partial charge in [0.15, 0.2) is 9.75 Å². The van der Waals surface area contributed by atoms with E-state index >= 15 is 0 Å². The summed E-state index contributed by atoms with van der Waals surface area (Å²) >= 11 is 17.4. The summed E-state index contributed by atoms with van der Waals surface area (Å²) < 4.78 is 0. The molecule has 1 aromatic carbocycles. The van der Waals surface area contributed by atoms with Crippen molar-refractivity contribution in [1.29, 1.82) is 0 Å². The van der Waals surface area contributed by atoms with Gasteiger partial charge in [0, 0.05) is 12.5 Å². The third-order valence-electron chi connectivity index (χ3n) is 7.98. The average molecular weight is 570 g/mol. The Bertz CT molecular complexity index is 1190. The van der Waals surface area contributed by atoms with Crippen molar-refractivity contribution in [3.05, 3.63) is 41.0 Å². The lowest BCUT2D eigenvalue weighted by molar-refractivity contribution is -0.141. The van der Waals surface area contributed by atoms with Gasteiger partial charge >= 0.3 is 0 Å². The Morgan fingerprint density at radius 2 is 1.79 bits per heavy atom. The summed E-state index contributed by atoms with van der Waals surface area (Å²) in [5, 5.41) is 10.1. The van der Waals surface area contributed by atoms with Crippen molar-refractivity contribution in [3.63, 3.8) is 0 Å². The van der Waals surface area contributed by atoms with Crippen LogP contribution in [0.5, 0.6) is 5.75 Å². The Kier molecular flexibility index (Phi) is 5.47. The minimum atomic E-state index is -1.83. The van der Waals surface area contributed by atoms with E-state index in [9.17, 15) is 24.3 Å². The number of phenolic OH excluding ortho intramolecular Hbond substituents is 1. The van der Waals surface area contributed by atoms with E-state index in [2.05, 4.69) is 15.9 Å². The van der Waals surface area contributed by atoms with Gasteiger partial charge in [-0.15, -0.1) is 23.2 Å². The van der Waals surface area contributed by atoms with Crippen molar-refractivity contribution >= 4 is 62.8 Å². The molecule has 4 aliphatic rings. The molecule has 180 valence electrons. The summed E-state index contributed by atoms with van der Waals surface area (Å²) in [7, 11) is 0. The van der Waals surface area contributed by atoms with Crippen LogP contribution in [0.2, 0.25) is 0 Å². The number of alkyl halides is 3. The van der Waals surface area contributed by atoms with Crippen molar-refractivity contribution in [2.45, 2.75) is 42.4 Å². The van der Waals surface area contributed by atoms with E-state index in [4.69, 9.17) is 23.2 Å². The highest BCUT2D eigenvalue weighted by atomic mass is 79.9. The number of hydrogen-bond acceptors (Lipinski definition) is 5. The Hall–Kier alpha value is -1.90. The normalized spacial score (nSPS) is 37.0. The molecule has 0 spiro atoms. The Morgan fingerprint density at radius 1 is 1.09 bits per heavy atom. The fourth-order valence-corrected chi connectivity index (χ4v) is 7.79. The van der Waals surface area contributed by atoms with Gasteiger partial charge in [-0.25, -0.2) is 0 Å². The van der Waals surface area contributed by atoms with Gasteiger partial charge in [-0.2, -0.15) is 0 Å². The number of allylic oxidation sites excluding steroid dienone is 2. The Morgan fingerprint density at radius 3 is 2.41 bits per heavy atom. The predicted molar refractivity (Wildman–Crippen MR) is 129 cm³/mol. The number of halogens is 3. The predicted octanol–water partition coefficient (Wildman–Crippen LogP) is 3.43. The van der Waals surface area contributed by atoms with E-state index in [1.54, 1.807) is 26.0 Å². The number of carbonyl (C=O) groups is 4. The molecule has 10 heteroatoms. The lowest BCUT2D eigenvalue weighted by Crippen LogP contribution is -2.60. The van der Waals surface area contributed by atoms with Gasteiger partial charge in [0.2, 0.25) is 11.8 Å². The number of hydrogen-bond donors (Lipinski definition) is 1. The number of carbonyl (C=O) groups excluding carboxylic acids is 4. The van der Waals surface area contributed by atoms with Gasteiger partial charge in [0.05, 0.1) is 17.3 Å². The molecule has 1 N–H and O–H groups in total. The monoisotopic (exact) mass is 568 g/mol. The van der Waals surface area contributed by atoms with Crippen molar-refractivity contribution in [2.24, 2.45) is 17.8 Å². The van der Waals surface area contributed by atoms with E-state index in [0.717, 1.165) is 10.5 Å². The van der Waals surface area contributed by atoms with Gasteiger partial charge < -0.3 is 5.11 Å². The zero-order valence-electron chi connectivity index (χ0n) is 18.6. The van der Waals surface area contributed by atoms with Crippen LogP contribution >= 0.6 is 39.1 Å². The molecule has 6 atom stereocenters. The Labute approximate surface area is 215 Å². The maximum atomic E-state index is 13.6. The molecule has 34 heavy (non-hydrogen) atoms.